The minimum absolute atomic E-state index is 0.115. The Morgan fingerprint density at radius 1 is 1.33 bits per heavy atom. The van der Waals surface area contributed by atoms with E-state index in [1.165, 1.54) is 25.7 Å². The summed E-state index contributed by atoms with van der Waals surface area (Å²) < 4.78 is 0. The highest BCUT2D eigenvalue weighted by Gasteiger charge is 2.22. The van der Waals surface area contributed by atoms with E-state index < -0.39 is 0 Å². The van der Waals surface area contributed by atoms with Gasteiger partial charge in [0.2, 0.25) is 0 Å². The van der Waals surface area contributed by atoms with Gasteiger partial charge in [-0.2, -0.15) is 0 Å². The van der Waals surface area contributed by atoms with E-state index in [9.17, 15) is 4.79 Å². The van der Waals surface area contributed by atoms with Gasteiger partial charge in [0.15, 0.2) is 0 Å². The molecule has 1 saturated carbocycles. The maximum atomic E-state index is 12.1. The third-order valence-electron chi connectivity index (χ3n) is 3.63. The van der Waals surface area contributed by atoms with Gasteiger partial charge in [0.25, 0.3) is 5.91 Å². The fraction of sp³-hybridized carbons (Fsp3) is 0.571. The second kappa shape index (κ2) is 6.19. The summed E-state index contributed by atoms with van der Waals surface area (Å²) in [4.78, 5) is 16.1. The molecule has 0 radical (unpaired) electrons. The Morgan fingerprint density at radius 2 is 2.11 bits per heavy atom. The summed E-state index contributed by atoms with van der Waals surface area (Å²) in [6.07, 6.45) is 5.98. The van der Waals surface area contributed by atoms with Crippen LogP contribution in [0.4, 0.5) is 0 Å². The number of rotatable bonds is 2. The summed E-state index contributed by atoms with van der Waals surface area (Å²) in [5.41, 5.74) is 0.402. The molecule has 2 atom stereocenters. The summed E-state index contributed by atoms with van der Waals surface area (Å²) in [7, 11) is 0. The van der Waals surface area contributed by atoms with Crippen molar-refractivity contribution in [2.24, 2.45) is 5.92 Å². The molecule has 1 aliphatic rings. The van der Waals surface area contributed by atoms with Crippen LogP contribution in [0.5, 0.6) is 0 Å². The van der Waals surface area contributed by atoms with Gasteiger partial charge in [0.1, 0.15) is 10.8 Å². The van der Waals surface area contributed by atoms with Crippen LogP contribution in [0.1, 0.15) is 49.5 Å². The summed E-state index contributed by atoms with van der Waals surface area (Å²) in [6, 6.07) is 5.39. The summed E-state index contributed by atoms with van der Waals surface area (Å²) >= 11 is 5.80. The molecule has 0 aromatic carbocycles. The number of nitrogens with zero attached hydrogens (tertiary/aromatic N) is 1. The van der Waals surface area contributed by atoms with Crippen LogP contribution in [0.15, 0.2) is 18.2 Å². The van der Waals surface area contributed by atoms with Gasteiger partial charge in [-0.1, -0.05) is 43.9 Å². The molecule has 2 rings (SSSR count). The average Bonchev–Trinajstić information content (AvgIpc) is 2.55. The lowest BCUT2D eigenvalue weighted by Crippen LogP contribution is -2.39. The van der Waals surface area contributed by atoms with Crippen LogP contribution in [0.3, 0.4) is 0 Å². The molecule has 1 aliphatic carbocycles. The van der Waals surface area contributed by atoms with Crippen LogP contribution in [-0.4, -0.2) is 16.9 Å². The first kappa shape index (κ1) is 13.3. The van der Waals surface area contributed by atoms with Gasteiger partial charge in [-0.3, -0.25) is 4.79 Å². The minimum Gasteiger partial charge on any atom is -0.348 e. The highest BCUT2D eigenvalue weighted by Crippen LogP contribution is 2.23. The molecule has 0 saturated heterocycles. The largest absolute Gasteiger partial charge is 0.348 e. The quantitative estimate of drug-likeness (QED) is 0.658. The third-order valence-corrected chi connectivity index (χ3v) is 3.84. The van der Waals surface area contributed by atoms with E-state index in [0.717, 1.165) is 6.42 Å². The number of carbonyl (C=O) groups excluding carboxylic acids is 1. The predicted molar refractivity (Wildman–Crippen MR) is 72.8 cm³/mol. The topological polar surface area (TPSA) is 42.0 Å². The number of hydrogen-bond donors (Lipinski definition) is 1. The molecule has 1 N–H and O–H groups in total. The predicted octanol–water partition coefficient (Wildman–Crippen LogP) is 3.43. The third kappa shape index (κ3) is 3.45. The van der Waals surface area contributed by atoms with Gasteiger partial charge in [0.05, 0.1) is 0 Å². The van der Waals surface area contributed by atoms with Crippen LogP contribution in [0.2, 0.25) is 5.15 Å². The normalized spacial score (nSPS) is 24.3. The average molecular weight is 267 g/mol. The van der Waals surface area contributed by atoms with Crippen LogP contribution in [0.25, 0.3) is 0 Å². The molecular formula is C14H19ClN2O. The maximum Gasteiger partial charge on any atom is 0.270 e. The first-order valence-corrected chi connectivity index (χ1v) is 6.98. The number of carbonyl (C=O) groups is 1. The van der Waals surface area contributed by atoms with Crippen molar-refractivity contribution in [2.45, 2.75) is 45.1 Å². The van der Waals surface area contributed by atoms with Gasteiger partial charge >= 0.3 is 0 Å². The zero-order valence-electron chi connectivity index (χ0n) is 10.7. The van der Waals surface area contributed by atoms with Gasteiger partial charge in [-0.15, -0.1) is 0 Å². The molecule has 0 spiro atoms. The Morgan fingerprint density at radius 3 is 2.89 bits per heavy atom. The Kier molecular flexibility index (Phi) is 4.59. The molecule has 1 heterocycles. The van der Waals surface area contributed by atoms with Crippen molar-refractivity contribution < 1.29 is 4.79 Å². The standard InChI is InChI=1S/C14H19ClN2O/c1-10-6-3-2-4-7-11(10)17-14(18)12-8-5-9-13(15)16-12/h5,8-11H,2-4,6-7H2,1H3,(H,17,18). The van der Waals surface area contributed by atoms with Crippen molar-refractivity contribution in [3.63, 3.8) is 0 Å². The van der Waals surface area contributed by atoms with Crippen LogP contribution in [-0.2, 0) is 0 Å². The van der Waals surface area contributed by atoms with E-state index >= 15 is 0 Å². The molecule has 1 aromatic heterocycles. The molecule has 1 amide bonds. The van der Waals surface area contributed by atoms with E-state index in [-0.39, 0.29) is 11.9 Å². The Hall–Kier alpha value is -1.09. The molecule has 2 unspecified atom stereocenters. The van der Waals surface area contributed by atoms with Crippen molar-refractivity contribution in [1.29, 1.82) is 0 Å². The van der Waals surface area contributed by atoms with E-state index in [2.05, 4.69) is 17.2 Å². The number of pyridine rings is 1. The zero-order valence-corrected chi connectivity index (χ0v) is 11.4. The Labute approximate surface area is 113 Å². The SMILES string of the molecule is CC1CCCCCC1NC(=O)c1cccc(Cl)n1. The van der Waals surface area contributed by atoms with E-state index in [0.29, 0.717) is 16.8 Å². The van der Waals surface area contributed by atoms with E-state index in [1.807, 2.05) is 0 Å². The molecule has 1 fully saturated rings. The fourth-order valence-corrected chi connectivity index (χ4v) is 2.65. The zero-order chi connectivity index (χ0) is 13.0. The molecule has 0 bridgehead atoms. The molecule has 3 nitrogen and oxygen atoms in total. The monoisotopic (exact) mass is 266 g/mol. The van der Waals surface area contributed by atoms with Crippen molar-refractivity contribution >= 4 is 17.5 Å². The number of amides is 1. The lowest BCUT2D eigenvalue weighted by molar-refractivity contribution is 0.0916. The smallest absolute Gasteiger partial charge is 0.270 e. The second-order valence-electron chi connectivity index (χ2n) is 5.04. The number of hydrogen-bond acceptors (Lipinski definition) is 2. The van der Waals surface area contributed by atoms with Crippen molar-refractivity contribution in [1.82, 2.24) is 10.3 Å². The fourth-order valence-electron chi connectivity index (χ4n) is 2.48. The van der Waals surface area contributed by atoms with Gasteiger partial charge in [-0.05, 0) is 30.9 Å². The van der Waals surface area contributed by atoms with Gasteiger partial charge < -0.3 is 5.32 Å². The summed E-state index contributed by atoms with van der Waals surface area (Å²) in [5, 5.41) is 3.45. The van der Waals surface area contributed by atoms with Crippen LogP contribution < -0.4 is 5.32 Å². The lowest BCUT2D eigenvalue weighted by Gasteiger charge is -2.22. The maximum absolute atomic E-state index is 12.1. The van der Waals surface area contributed by atoms with Gasteiger partial charge in [-0.25, -0.2) is 4.98 Å². The summed E-state index contributed by atoms with van der Waals surface area (Å²) in [5.74, 6) is 0.423. The molecule has 0 aliphatic heterocycles. The number of halogens is 1. The lowest BCUT2D eigenvalue weighted by atomic mass is 9.97. The first-order valence-electron chi connectivity index (χ1n) is 6.60. The van der Waals surface area contributed by atoms with Gasteiger partial charge in [0, 0.05) is 6.04 Å². The Balaban J connectivity index is 2.01. The van der Waals surface area contributed by atoms with Crippen molar-refractivity contribution in [3.05, 3.63) is 29.0 Å². The van der Waals surface area contributed by atoms with E-state index in [1.54, 1.807) is 18.2 Å². The van der Waals surface area contributed by atoms with Crippen LogP contribution in [0, 0.1) is 5.92 Å². The second-order valence-corrected chi connectivity index (χ2v) is 5.43. The molecule has 4 heteroatoms. The Bertz CT molecular complexity index is 422. The van der Waals surface area contributed by atoms with E-state index in [4.69, 9.17) is 11.6 Å². The first-order chi connectivity index (χ1) is 8.66. The van der Waals surface area contributed by atoms with Crippen molar-refractivity contribution in [2.75, 3.05) is 0 Å². The number of aromatic nitrogens is 1. The number of nitrogens with one attached hydrogen (secondary N) is 1. The van der Waals surface area contributed by atoms with Crippen molar-refractivity contribution in [3.8, 4) is 0 Å². The highest BCUT2D eigenvalue weighted by atomic mass is 35.5. The minimum atomic E-state index is -0.115. The molecule has 1 aromatic rings. The van der Waals surface area contributed by atoms with Crippen LogP contribution >= 0.6 is 11.6 Å². The summed E-state index contributed by atoms with van der Waals surface area (Å²) in [6.45, 7) is 2.21. The molecule has 18 heavy (non-hydrogen) atoms. The molecular weight excluding hydrogens is 248 g/mol. The highest BCUT2D eigenvalue weighted by molar-refractivity contribution is 6.29. The molecule has 98 valence electrons.